The Bertz CT molecular complexity index is 857. The molecule has 3 rings (SSSR count). The van der Waals surface area contributed by atoms with Gasteiger partial charge < -0.3 is 5.32 Å². The van der Waals surface area contributed by atoms with E-state index in [0.717, 1.165) is 12.1 Å². The molecule has 0 spiro atoms. The Labute approximate surface area is 135 Å². The van der Waals surface area contributed by atoms with Crippen molar-refractivity contribution in [3.8, 4) is 11.3 Å². The Morgan fingerprint density at radius 3 is 2.22 bits per heavy atom. The normalized spacial score (nSPS) is 10.8. The van der Waals surface area contributed by atoms with Crippen LogP contribution in [0.3, 0.4) is 0 Å². The van der Waals surface area contributed by atoms with E-state index in [4.69, 9.17) is 11.6 Å². The van der Waals surface area contributed by atoms with Gasteiger partial charge in [-0.1, -0.05) is 29.8 Å². The molecule has 0 fully saturated rings. The van der Waals surface area contributed by atoms with Crippen molar-refractivity contribution < 1.29 is 13.2 Å². The third-order valence-electron chi connectivity index (χ3n) is 3.34. The number of rotatable bonds is 3. The first kappa shape index (κ1) is 15.4. The molecule has 1 N–H and O–H groups in total. The lowest BCUT2D eigenvalue weighted by molar-refractivity contribution is 0.585. The minimum atomic E-state index is -0.763. The molecule has 118 valence electrons. The smallest absolute Gasteiger partial charge is 0.175 e. The SMILES string of the molecule is Cn1nc(Cl)c(Nc2ccccc2F)c1-c1c(F)cccc1F. The molecule has 0 bridgehead atoms. The van der Waals surface area contributed by atoms with Crippen molar-refractivity contribution in [3.63, 3.8) is 0 Å². The van der Waals surface area contributed by atoms with E-state index in [-0.39, 0.29) is 27.8 Å². The van der Waals surface area contributed by atoms with E-state index in [9.17, 15) is 13.2 Å². The van der Waals surface area contributed by atoms with E-state index in [1.165, 1.54) is 36.0 Å². The van der Waals surface area contributed by atoms with Crippen LogP contribution in [0.1, 0.15) is 0 Å². The summed E-state index contributed by atoms with van der Waals surface area (Å²) < 4.78 is 43.3. The van der Waals surface area contributed by atoms with Gasteiger partial charge in [-0.05, 0) is 24.3 Å². The molecule has 3 nitrogen and oxygen atoms in total. The van der Waals surface area contributed by atoms with E-state index in [1.807, 2.05) is 0 Å². The fourth-order valence-electron chi connectivity index (χ4n) is 2.31. The second kappa shape index (κ2) is 5.96. The van der Waals surface area contributed by atoms with Gasteiger partial charge in [0.25, 0.3) is 0 Å². The Kier molecular flexibility index (Phi) is 4.00. The Morgan fingerprint density at radius 2 is 1.57 bits per heavy atom. The zero-order chi connectivity index (χ0) is 16.6. The van der Waals surface area contributed by atoms with Crippen LogP contribution < -0.4 is 5.32 Å². The summed E-state index contributed by atoms with van der Waals surface area (Å²) in [6, 6.07) is 9.42. The quantitative estimate of drug-likeness (QED) is 0.736. The van der Waals surface area contributed by atoms with Crippen LogP contribution in [0.2, 0.25) is 5.15 Å². The van der Waals surface area contributed by atoms with Gasteiger partial charge in [0, 0.05) is 7.05 Å². The standard InChI is InChI=1S/C16H11ClF3N3/c1-23-15(13-10(19)6-4-7-11(13)20)14(16(17)22-23)21-12-8-3-2-5-9(12)18/h2-8,21H,1H3. The van der Waals surface area contributed by atoms with Crippen LogP contribution in [0.4, 0.5) is 24.5 Å². The van der Waals surface area contributed by atoms with Gasteiger partial charge in [-0.3, -0.25) is 4.68 Å². The highest BCUT2D eigenvalue weighted by Gasteiger charge is 2.23. The third kappa shape index (κ3) is 2.77. The minimum absolute atomic E-state index is 0.0200. The number of para-hydroxylation sites is 1. The van der Waals surface area contributed by atoms with Crippen LogP contribution in [0.15, 0.2) is 42.5 Å². The summed E-state index contributed by atoms with van der Waals surface area (Å²) in [6.07, 6.45) is 0. The van der Waals surface area contributed by atoms with Crippen molar-refractivity contribution >= 4 is 23.0 Å². The van der Waals surface area contributed by atoms with Gasteiger partial charge in [-0.25, -0.2) is 13.2 Å². The summed E-state index contributed by atoms with van der Waals surface area (Å²) in [6.45, 7) is 0. The predicted octanol–water partition coefficient (Wildman–Crippen LogP) is 4.90. The number of aromatic nitrogens is 2. The number of aryl methyl sites for hydroxylation is 1. The lowest BCUT2D eigenvalue weighted by atomic mass is 10.1. The van der Waals surface area contributed by atoms with Gasteiger partial charge in [0.2, 0.25) is 0 Å². The number of hydrogen-bond donors (Lipinski definition) is 1. The molecule has 0 unspecified atom stereocenters. The van der Waals surface area contributed by atoms with Crippen LogP contribution >= 0.6 is 11.6 Å². The van der Waals surface area contributed by atoms with E-state index in [0.29, 0.717) is 0 Å². The maximum atomic E-state index is 14.1. The number of halogens is 4. The Hall–Kier alpha value is -2.47. The highest BCUT2D eigenvalue weighted by molar-refractivity contribution is 6.33. The topological polar surface area (TPSA) is 29.9 Å². The van der Waals surface area contributed by atoms with Crippen molar-refractivity contribution in [1.82, 2.24) is 9.78 Å². The first-order chi connectivity index (χ1) is 11.0. The molecule has 23 heavy (non-hydrogen) atoms. The molecule has 0 amide bonds. The molecule has 0 atom stereocenters. The first-order valence-electron chi connectivity index (χ1n) is 6.67. The fraction of sp³-hybridized carbons (Fsp3) is 0.0625. The molecule has 0 radical (unpaired) electrons. The average molecular weight is 338 g/mol. The van der Waals surface area contributed by atoms with Crippen LogP contribution in [0, 0.1) is 17.5 Å². The van der Waals surface area contributed by atoms with E-state index < -0.39 is 17.5 Å². The van der Waals surface area contributed by atoms with Crippen molar-refractivity contribution in [2.75, 3.05) is 5.32 Å². The molecular weight excluding hydrogens is 327 g/mol. The molecule has 0 aliphatic carbocycles. The number of anilines is 2. The van der Waals surface area contributed by atoms with Gasteiger partial charge >= 0.3 is 0 Å². The van der Waals surface area contributed by atoms with Crippen LogP contribution in [0.5, 0.6) is 0 Å². The van der Waals surface area contributed by atoms with Crippen molar-refractivity contribution in [2.24, 2.45) is 7.05 Å². The lowest BCUT2D eigenvalue weighted by Crippen LogP contribution is -2.01. The minimum Gasteiger partial charge on any atom is -0.349 e. The highest BCUT2D eigenvalue weighted by atomic mass is 35.5. The van der Waals surface area contributed by atoms with Gasteiger partial charge in [-0.15, -0.1) is 0 Å². The van der Waals surface area contributed by atoms with Crippen LogP contribution in [-0.2, 0) is 7.05 Å². The van der Waals surface area contributed by atoms with Gasteiger partial charge in [0.05, 0.1) is 16.9 Å². The highest BCUT2D eigenvalue weighted by Crippen LogP contribution is 2.38. The van der Waals surface area contributed by atoms with Gasteiger partial charge in [-0.2, -0.15) is 5.10 Å². The average Bonchev–Trinajstić information content (AvgIpc) is 2.76. The lowest BCUT2D eigenvalue weighted by Gasteiger charge is -2.11. The molecule has 3 aromatic rings. The molecular formula is C16H11ClF3N3. The second-order valence-electron chi connectivity index (χ2n) is 4.84. The second-order valence-corrected chi connectivity index (χ2v) is 5.20. The maximum absolute atomic E-state index is 14.1. The number of nitrogens with one attached hydrogen (secondary N) is 1. The van der Waals surface area contributed by atoms with Crippen LogP contribution in [-0.4, -0.2) is 9.78 Å². The monoisotopic (exact) mass is 337 g/mol. The molecule has 1 aromatic heterocycles. The van der Waals surface area contributed by atoms with Crippen molar-refractivity contribution in [1.29, 1.82) is 0 Å². The Morgan fingerprint density at radius 1 is 0.957 bits per heavy atom. The molecule has 0 saturated heterocycles. The molecule has 0 aliphatic rings. The maximum Gasteiger partial charge on any atom is 0.175 e. The molecule has 2 aromatic carbocycles. The van der Waals surface area contributed by atoms with E-state index in [2.05, 4.69) is 10.4 Å². The molecule has 0 aliphatic heterocycles. The molecule has 0 saturated carbocycles. The van der Waals surface area contributed by atoms with Gasteiger partial charge in [0.15, 0.2) is 5.15 Å². The van der Waals surface area contributed by atoms with Crippen molar-refractivity contribution in [2.45, 2.75) is 0 Å². The largest absolute Gasteiger partial charge is 0.349 e. The molecule has 1 heterocycles. The van der Waals surface area contributed by atoms with Gasteiger partial charge in [0.1, 0.15) is 23.1 Å². The zero-order valence-electron chi connectivity index (χ0n) is 11.9. The first-order valence-corrected chi connectivity index (χ1v) is 7.05. The van der Waals surface area contributed by atoms with E-state index >= 15 is 0 Å². The van der Waals surface area contributed by atoms with E-state index in [1.54, 1.807) is 6.07 Å². The Balaban J connectivity index is 2.18. The summed E-state index contributed by atoms with van der Waals surface area (Å²) in [5, 5.41) is 6.70. The fourth-order valence-corrected chi connectivity index (χ4v) is 2.56. The summed E-state index contributed by atoms with van der Waals surface area (Å²) in [4.78, 5) is 0. The summed E-state index contributed by atoms with van der Waals surface area (Å²) in [5.74, 6) is -2.05. The van der Waals surface area contributed by atoms with Crippen LogP contribution in [0.25, 0.3) is 11.3 Å². The molecule has 7 heteroatoms. The summed E-state index contributed by atoms with van der Waals surface area (Å²) >= 11 is 6.05. The predicted molar refractivity (Wildman–Crippen MR) is 83.3 cm³/mol. The number of benzene rings is 2. The zero-order valence-corrected chi connectivity index (χ0v) is 12.7. The summed E-state index contributed by atoms with van der Waals surface area (Å²) in [7, 11) is 1.50. The summed E-state index contributed by atoms with van der Waals surface area (Å²) in [5.41, 5.74) is 0.0609. The van der Waals surface area contributed by atoms with Crippen molar-refractivity contribution in [3.05, 3.63) is 65.1 Å². The third-order valence-corrected chi connectivity index (χ3v) is 3.60. The number of nitrogens with zero attached hydrogens (tertiary/aromatic N) is 2. The number of hydrogen-bond acceptors (Lipinski definition) is 2.